The first-order valence-corrected chi connectivity index (χ1v) is 11.5. The minimum absolute atomic E-state index is 0.118. The molecule has 9 nitrogen and oxygen atoms in total. The summed E-state index contributed by atoms with van der Waals surface area (Å²) in [7, 11) is -0.895. The summed E-state index contributed by atoms with van der Waals surface area (Å²) in [6, 6.07) is 10.5. The molecule has 11 heteroatoms. The number of hydrogen-bond acceptors (Lipinski definition) is 6. The number of hydrogen-bond donors (Lipinski definition) is 1. The number of benzene rings is 2. The maximum absolute atomic E-state index is 13.1. The number of ether oxygens (including phenoxy) is 2. The molecule has 1 aliphatic rings. The van der Waals surface area contributed by atoms with Gasteiger partial charge in [-0.3, -0.25) is 9.10 Å². The second-order valence-corrected chi connectivity index (χ2v) is 9.29. The van der Waals surface area contributed by atoms with E-state index in [0.29, 0.717) is 40.9 Å². The van der Waals surface area contributed by atoms with Crippen molar-refractivity contribution in [1.29, 1.82) is 0 Å². The van der Waals surface area contributed by atoms with Crippen LogP contribution in [-0.4, -0.2) is 44.6 Å². The number of amides is 1. The summed E-state index contributed by atoms with van der Waals surface area (Å²) >= 11 is 6.14. The average molecular weight is 477 g/mol. The molecule has 0 saturated heterocycles. The zero-order valence-electron chi connectivity index (χ0n) is 17.4. The Bertz CT molecular complexity index is 1270. The highest BCUT2D eigenvalue weighted by molar-refractivity contribution is 7.92. The third-order valence-electron chi connectivity index (χ3n) is 5.08. The molecule has 0 aliphatic carbocycles. The van der Waals surface area contributed by atoms with Gasteiger partial charge in [0.2, 0.25) is 5.91 Å². The minimum Gasteiger partial charge on any atom is -0.495 e. The molecular formula is C21H21ClN4O5S. The van der Waals surface area contributed by atoms with E-state index in [1.165, 1.54) is 41.7 Å². The molecule has 0 spiro atoms. The quantitative estimate of drug-likeness (QED) is 0.562. The van der Waals surface area contributed by atoms with Crippen molar-refractivity contribution in [2.45, 2.75) is 18.0 Å². The van der Waals surface area contributed by atoms with Gasteiger partial charge < -0.3 is 19.4 Å². The van der Waals surface area contributed by atoms with E-state index in [9.17, 15) is 13.2 Å². The van der Waals surface area contributed by atoms with Crippen molar-refractivity contribution in [3.05, 3.63) is 59.5 Å². The first kappa shape index (κ1) is 22.0. The monoisotopic (exact) mass is 476 g/mol. The van der Waals surface area contributed by atoms with Gasteiger partial charge in [-0.2, -0.15) is 8.42 Å². The number of aromatic nitrogens is 2. The van der Waals surface area contributed by atoms with Crippen molar-refractivity contribution in [2.24, 2.45) is 0 Å². The van der Waals surface area contributed by atoms with Gasteiger partial charge in [-0.25, -0.2) is 4.98 Å². The van der Waals surface area contributed by atoms with E-state index in [1.807, 2.05) is 12.1 Å². The molecule has 0 bridgehead atoms. The number of halogens is 1. The predicted molar refractivity (Wildman–Crippen MR) is 120 cm³/mol. The molecule has 2 heterocycles. The average Bonchev–Trinajstić information content (AvgIpc) is 3.41. The molecule has 0 atom stereocenters. The van der Waals surface area contributed by atoms with Crippen LogP contribution >= 0.6 is 11.6 Å². The Morgan fingerprint density at radius 1 is 1.19 bits per heavy atom. The number of para-hydroxylation sites is 1. The van der Waals surface area contributed by atoms with Crippen LogP contribution in [0.2, 0.25) is 5.02 Å². The predicted octanol–water partition coefficient (Wildman–Crippen LogP) is 2.94. The van der Waals surface area contributed by atoms with Crippen LogP contribution in [0.5, 0.6) is 11.5 Å². The fourth-order valence-corrected chi connectivity index (χ4v) is 5.23. The van der Waals surface area contributed by atoms with Gasteiger partial charge in [0.25, 0.3) is 10.0 Å². The molecule has 1 amide bonds. The summed E-state index contributed by atoms with van der Waals surface area (Å²) in [4.78, 5) is 16.6. The number of rotatable bonds is 7. The molecule has 2 aromatic carbocycles. The first-order chi connectivity index (χ1) is 15.3. The van der Waals surface area contributed by atoms with Crippen LogP contribution < -0.4 is 19.1 Å². The van der Waals surface area contributed by atoms with Crippen molar-refractivity contribution in [3.8, 4) is 11.5 Å². The van der Waals surface area contributed by atoms with E-state index in [-0.39, 0.29) is 11.6 Å². The lowest BCUT2D eigenvalue weighted by Crippen LogP contribution is -2.29. The highest BCUT2D eigenvalue weighted by Gasteiger charge is 2.32. The van der Waals surface area contributed by atoms with E-state index in [4.69, 9.17) is 21.1 Å². The molecule has 4 rings (SSSR count). The van der Waals surface area contributed by atoms with Crippen LogP contribution in [0.4, 0.5) is 11.4 Å². The van der Waals surface area contributed by atoms with Crippen LogP contribution in [-0.2, 0) is 27.8 Å². The molecule has 3 aromatic rings. The highest BCUT2D eigenvalue weighted by Crippen LogP contribution is 2.36. The molecule has 168 valence electrons. The maximum Gasteiger partial charge on any atom is 0.283 e. The Morgan fingerprint density at radius 2 is 1.94 bits per heavy atom. The van der Waals surface area contributed by atoms with Gasteiger partial charge in [-0.15, -0.1) is 0 Å². The van der Waals surface area contributed by atoms with Crippen molar-refractivity contribution >= 4 is 38.9 Å². The number of anilines is 2. The normalized spacial score (nSPS) is 13.0. The maximum atomic E-state index is 13.1. The third kappa shape index (κ3) is 4.11. The lowest BCUT2D eigenvalue weighted by molar-refractivity contribution is -0.116. The van der Waals surface area contributed by atoms with Crippen molar-refractivity contribution in [2.75, 3.05) is 30.4 Å². The molecule has 32 heavy (non-hydrogen) atoms. The standard InChI is InChI=1S/C21H21ClN4O5S/c1-30-18-10-19(31-2)16(9-15(18)22)24-20(27)11-25-12-21(23-13-25)32(28,29)26-8-7-14-5-3-4-6-17(14)26/h3-6,9-10,12-13H,7-8,11H2,1-2H3,(H,24,27). The largest absolute Gasteiger partial charge is 0.495 e. The molecule has 0 fully saturated rings. The second-order valence-electron chi connectivity index (χ2n) is 7.08. The van der Waals surface area contributed by atoms with Crippen LogP contribution in [0.3, 0.4) is 0 Å². The van der Waals surface area contributed by atoms with Crippen molar-refractivity contribution in [3.63, 3.8) is 0 Å². The number of sulfonamides is 1. The summed E-state index contributed by atoms with van der Waals surface area (Å²) < 4.78 is 39.3. The summed E-state index contributed by atoms with van der Waals surface area (Å²) in [5.74, 6) is 0.382. The third-order valence-corrected chi connectivity index (χ3v) is 7.08. The number of methoxy groups -OCH3 is 2. The lowest BCUT2D eigenvalue weighted by Gasteiger charge is -2.17. The fourth-order valence-electron chi connectivity index (χ4n) is 3.54. The molecule has 0 radical (unpaired) electrons. The second kappa shape index (κ2) is 8.71. The Labute approximate surface area is 190 Å². The van der Waals surface area contributed by atoms with Gasteiger partial charge in [0.15, 0.2) is 5.03 Å². The Morgan fingerprint density at radius 3 is 2.69 bits per heavy atom. The molecule has 1 aromatic heterocycles. The van der Waals surface area contributed by atoms with Gasteiger partial charge in [-0.05, 0) is 24.1 Å². The highest BCUT2D eigenvalue weighted by atomic mass is 35.5. The molecule has 0 unspecified atom stereocenters. The van der Waals surface area contributed by atoms with Crippen LogP contribution in [0, 0.1) is 0 Å². The Kier molecular flexibility index (Phi) is 5.98. The van der Waals surface area contributed by atoms with Crippen LogP contribution in [0.15, 0.2) is 53.9 Å². The smallest absolute Gasteiger partial charge is 0.283 e. The van der Waals surface area contributed by atoms with Gasteiger partial charge in [0, 0.05) is 18.8 Å². The summed E-state index contributed by atoms with van der Waals surface area (Å²) in [6.45, 7) is 0.207. The van der Waals surface area contributed by atoms with Gasteiger partial charge in [-0.1, -0.05) is 29.8 Å². The number of carbonyl (C=O) groups excluding carboxylic acids is 1. The SMILES string of the molecule is COc1cc(OC)c(NC(=O)Cn2cnc(S(=O)(=O)N3CCc4ccccc43)c2)cc1Cl. The van der Waals surface area contributed by atoms with E-state index in [1.54, 1.807) is 18.2 Å². The number of fused-ring (bicyclic) bond motifs is 1. The van der Waals surface area contributed by atoms with E-state index >= 15 is 0 Å². The van der Waals surface area contributed by atoms with Crippen molar-refractivity contribution < 1.29 is 22.7 Å². The summed E-state index contributed by atoms with van der Waals surface area (Å²) in [6.07, 6.45) is 3.30. The zero-order chi connectivity index (χ0) is 22.9. The summed E-state index contributed by atoms with van der Waals surface area (Å²) in [5, 5.41) is 2.90. The number of nitrogens with one attached hydrogen (secondary N) is 1. The molecule has 1 aliphatic heterocycles. The van der Waals surface area contributed by atoms with Crippen molar-refractivity contribution in [1.82, 2.24) is 9.55 Å². The molecule has 1 N–H and O–H groups in total. The topological polar surface area (TPSA) is 103 Å². The van der Waals surface area contributed by atoms with Crippen LogP contribution in [0.25, 0.3) is 0 Å². The first-order valence-electron chi connectivity index (χ1n) is 9.67. The van der Waals surface area contributed by atoms with Crippen LogP contribution in [0.1, 0.15) is 5.56 Å². The van der Waals surface area contributed by atoms with Gasteiger partial charge >= 0.3 is 0 Å². The number of imidazole rings is 1. The lowest BCUT2D eigenvalue weighted by atomic mass is 10.2. The molecule has 0 saturated carbocycles. The number of carbonyl (C=O) groups is 1. The minimum atomic E-state index is -3.83. The number of nitrogens with zero attached hydrogens (tertiary/aromatic N) is 3. The van der Waals surface area contributed by atoms with Gasteiger partial charge in [0.05, 0.1) is 36.9 Å². The Hall–Kier alpha value is -3.24. The van der Waals surface area contributed by atoms with E-state index < -0.39 is 15.9 Å². The van der Waals surface area contributed by atoms with E-state index in [0.717, 1.165) is 5.56 Å². The zero-order valence-corrected chi connectivity index (χ0v) is 19.0. The fraction of sp³-hybridized carbons (Fsp3) is 0.238. The molecular weight excluding hydrogens is 456 g/mol. The van der Waals surface area contributed by atoms with E-state index in [2.05, 4.69) is 10.3 Å². The van der Waals surface area contributed by atoms with Gasteiger partial charge in [0.1, 0.15) is 18.0 Å². The Balaban J connectivity index is 1.49. The summed E-state index contributed by atoms with van der Waals surface area (Å²) in [5.41, 5.74) is 2.00.